The van der Waals surface area contributed by atoms with E-state index in [-0.39, 0.29) is 16.8 Å². The average molecular weight is 373 g/mol. The first-order valence-electron chi connectivity index (χ1n) is 7.82. The van der Waals surface area contributed by atoms with Crippen molar-refractivity contribution in [2.24, 2.45) is 0 Å². The number of carbonyl (C=O) groups excluding carboxylic acids is 2. The number of nitrogens with zero attached hydrogens (tertiary/aromatic N) is 1. The molecule has 27 heavy (non-hydrogen) atoms. The molecule has 0 aromatic heterocycles. The van der Waals surface area contributed by atoms with Gasteiger partial charge in [0.1, 0.15) is 11.5 Å². The highest BCUT2D eigenvalue weighted by atomic mass is 16.6. The molecule has 0 heterocycles. The van der Waals surface area contributed by atoms with Gasteiger partial charge < -0.3 is 24.7 Å². The van der Waals surface area contributed by atoms with Gasteiger partial charge >= 0.3 is 0 Å². The lowest BCUT2D eigenvalue weighted by molar-refractivity contribution is -0.385. The lowest BCUT2D eigenvalue weighted by atomic mass is 10.0. The highest BCUT2D eigenvalue weighted by Crippen LogP contribution is 2.25. The Kier molecular flexibility index (Phi) is 6.32. The van der Waals surface area contributed by atoms with Crippen LogP contribution in [0.2, 0.25) is 0 Å². The third-order valence-electron chi connectivity index (χ3n) is 3.77. The van der Waals surface area contributed by atoms with Crippen molar-refractivity contribution in [2.45, 2.75) is 12.5 Å². The SMILES string of the molecule is COc1cc(OC)cc(C(=O)N[C@H](CC(=O)[O-])c2cccc([N+](=O)[O-])c2)c1. The number of nitro benzene ring substituents is 1. The fourth-order valence-corrected chi connectivity index (χ4v) is 2.45. The fourth-order valence-electron chi connectivity index (χ4n) is 2.45. The number of carboxylic acids is 1. The van der Waals surface area contributed by atoms with E-state index in [1.165, 1.54) is 50.6 Å². The average Bonchev–Trinajstić information content (AvgIpc) is 2.66. The summed E-state index contributed by atoms with van der Waals surface area (Å²) in [4.78, 5) is 34.0. The number of ether oxygens (including phenoxy) is 2. The van der Waals surface area contributed by atoms with Gasteiger partial charge in [-0.15, -0.1) is 0 Å². The van der Waals surface area contributed by atoms with E-state index in [0.717, 1.165) is 0 Å². The molecular weight excluding hydrogens is 356 g/mol. The molecular formula is C18H17N2O7-. The molecule has 142 valence electrons. The van der Waals surface area contributed by atoms with E-state index in [1.54, 1.807) is 6.07 Å². The second kappa shape index (κ2) is 8.65. The predicted molar refractivity (Wildman–Crippen MR) is 92.5 cm³/mol. The second-order valence-electron chi connectivity index (χ2n) is 5.56. The van der Waals surface area contributed by atoms with E-state index in [9.17, 15) is 24.8 Å². The molecule has 0 unspecified atom stereocenters. The number of amides is 1. The number of nitrogens with one attached hydrogen (secondary N) is 1. The van der Waals surface area contributed by atoms with Gasteiger partial charge in [0.05, 0.1) is 25.2 Å². The maximum Gasteiger partial charge on any atom is 0.269 e. The zero-order valence-corrected chi connectivity index (χ0v) is 14.6. The van der Waals surface area contributed by atoms with E-state index < -0.39 is 29.3 Å². The Hall–Kier alpha value is -3.62. The first-order chi connectivity index (χ1) is 12.8. The predicted octanol–water partition coefficient (Wildman–Crippen LogP) is 1.22. The lowest BCUT2D eigenvalue weighted by Gasteiger charge is -2.20. The summed E-state index contributed by atoms with van der Waals surface area (Å²) in [6.07, 6.45) is -0.548. The number of carboxylic acid groups (broad SMARTS) is 1. The molecule has 0 aliphatic heterocycles. The Morgan fingerprint density at radius 3 is 2.26 bits per heavy atom. The van der Waals surface area contributed by atoms with E-state index in [4.69, 9.17) is 9.47 Å². The molecule has 2 rings (SSSR count). The Balaban J connectivity index is 2.33. The molecule has 0 saturated carbocycles. The first kappa shape index (κ1) is 19.7. The van der Waals surface area contributed by atoms with Gasteiger partial charge in [-0.25, -0.2) is 0 Å². The molecule has 9 heteroatoms. The molecule has 1 N–H and O–H groups in total. The molecule has 0 aliphatic carbocycles. The molecule has 1 amide bonds. The van der Waals surface area contributed by atoms with Crippen molar-refractivity contribution in [1.29, 1.82) is 0 Å². The summed E-state index contributed by atoms with van der Waals surface area (Å²) in [5.74, 6) is -1.24. The van der Waals surface area contributed by atoms with E-state index in [2.05, 4.69) is 5.32 Å². The van der Waals surface area contributed by atoms with Crippen molar-refractivity contribution in [3.05, 3.63) is 63.7 Å². The number of aliphatic carboxylic acids is 1. The van der Waals surface area contributed by atoms with Crippen LogP contribution < -0.4 is 19.9 Å². The van der Waals surface area contributed by atoms with E-state index >= 15 is 0 Å². The molecule has 2 aromatic rings. The minimum absolute atomic E-state index is 0.181. The number of benzene rings is 2. The largest absolute Gasteiger partial charge is 0.550 e. The van der Waals surface area contributed by atoms with Crippen LogP contribution in [0.3, 0.4) is 0 Å². The third kappa shape index (κ3) is 5.18. The molecule has 1 atom stereocenters. The van der Waals surface area contributed by atoms with Gasteiger partial charge in [0.2, 0.25) is 0 Å². The lowest BCUT2D eigenvalue weighted by Crippen LogP contribution is -2.34. The van der Waals surface area contributed by atoms with Crippen LogP contribution in [0, 0.1) is 10.1 Å². The quantitative estimate of drug-likeness (QED) is 0.544. The summed E-state index contributed by atoms with van der Waals surface area (Å²) in [7, 11) is 2.86. The number of rotatable bonds is 8. The molecule has 0 bridgehead atoms. The van der Waals surface area contributed by atoms with Crippen molar-refractivity contribution in [3.8, 4) is 11.5 Å². The summed E-state index contributed by atoms with van der Waals surface area (Å²) < 4.78 is 10.2. The summed E-state index contributed by atoms with van der Waals surface area (Å²) in [6, 6.07) is 8.87. The van der Waals surface area contributed by atoms with Crippen molar-refractivity contribution in [1.82, 2.24) is 5.32 Å². The van der Waals surface area contributed by atoms with E-state index in [0.29, 0.717) is 11.5 Å². The molecule has 0 spiro atoms. The maximum atomic E-state index is 12.6. The van der Waals surface area contributed by atoms with Crippen LogP contribution in [0.5, 0.6) is 11.5 Å². The second-order valence-corrected chi connectivity index (χ2v) is 5.56. The van der Waals surface area contributed by atoms with Crippen LogP contribution in [0.4, 0.5) is 5.69 Å². The highest BCUT2D eigenvalue weighted by molar-refractivity contribution is 5.95. The summed E-state index contributed by atoms with van der Waals surface area (Å²) in [6.45, 7) is 0. The van der Waals surface area contributed by atoms with Gasteiger partial charge in [-0.1, -0.05) is 12.1 Å². The summed E-state index contributed by atoms with van der Waals surface area (Å²) in [5, 5.41) is 24.6. The van der Waals surface area contributed by atoms with Gasteiger partial charge in [-0.3, -0.25) is 14.9 Å². The molecule has 9 nitrogen and oxygen atoms in total. The Labute approximate surface area is 154 Å². The van der Waals surface area contributed by atoms with Crippen LogP contribution in [0.25, 0.3) is 0 Å². The number of carbonyl (C=O) groups is 2. The number of methoxy groups -OCH3 is 2. The normalized spacial score (nSPS) is 11.3. The minimum Gasteiger partial charge on any atom is -0.550 e. The summed E-state index contributed by atoms with van der Waals surface area (Å²) in [5.41, 5.74) is 0.240. The Morgan fingerprint density at radius 2 is 1.74 bits per heavy atom. The summed E-state index contributed by atoms with van der Waals surface area (Å²) >= 11 is 0. The van der Waals surface area contributed by atoms with E-state index in [1.807, 2.05) is 0 Å². The van der Waals surface area contributed by atoms with Crippen LogP contribution >= 0.6 is 0 Å². The van der Waals surface area contributed by atoms with Gasteiger partial charge in [0.15, 0.2) is 0 Å². The Morgan fingerprint density at radius 1 is 1.11 bits per heavy atom. The van der Waals surface area contributed by atoms with Crippen LogP contribution in [0.1, 0.15) is 28.4 Å². The van der Waals surface area contributed by atoms with Crippen molar-refractivity contribution in [2.75, 3.05) is 14.2 Å². The van der Waals surface area contributed by atoms with Crippen molar-refractivity contribution < 1.29 is 29.1 Å². The Bertz CT molecular complexity index is 844. The van der Waals surface area contributed by atoms with Crippen LogP contribution in [-0.4, -0.2) is 31.0 Å². The molecule has 0 radical (unpaired) electrons. The first-order valence-corrected chi connectivity index (χ1v) is 7.82. The van der Waals surface area contributed by atoms with Crippen LogP contribution in [0.15, 0.2) is 42.5 Å². The zero-order chi connectivity index (χ0) is 20.0. The zero-order valence-electron chi connectivity index (χ0n) is 14.6. The number of hydrogen-bond acceptors (Lipinski definition) is 7. The van der Waals surface area contributed by atoms with Crippen LogP contribution in [-0.2, 0) is 4.79 Å². The third-order valence-corrected chi connectivity index (χ3v) is 3.77. The van der Waals surface area contributed by atoms with Gasteiger partial charge in [-0.05, 0) is 17.7 Å². The van der Waals surface area contributed by atoms with Crippen molar-refractivity contribution in [3.63, 3.8) is 0 Å². The van der Waals surface area contributed by atoms with Gasteiger partial charge in [0, 0.05) is 36.2 Å². The number of non-ortho nitro benzene ring substituents is 1. The van der Waals surface area contributed by atoms with Gasteiger partial charge in [-0.2, -0.15) is 0 Å². The number of hydrogen-bond donors (Lipinski definition) is 1. The molecule has 0 fully saturated rings. The standard InChI is InChI=1S/C18H18N2O7/c1-26-14-7-12(8-15(9-14)27-2)18(23)19-16(10-17(21)22)11-4-3-5-13(6-11)20(24)25/h3-9,16H,10H2,1-2H3,(H,19,23)(H,21,22)/p-1/t16-/m1/s1. The molecule has 0 saturated heterocycles. The highest BCUT2D eigenvalue weighted by Gasteiger charge is 2.19. The monoisotopic (exact) mass is 373 g/mol. The number of nitro groups is 1. The molecule has 2 aromatic carbocycles. The fraction of sp³-hybridized carbons (Fsp3) is 0.222. The maximum absolute atomic E-state index is 12.6. The smallest absolute Gasteiger partial charge is 0.269 e. The van der Waals surface area contributed by atoms with Crippen molar-refractivity contribution >= 4 is 17.6 Å². The molecule has 0 aliphatic rings. The van der Waals surface area contributed by atoms with Gasteiger partial charge in [0.25, 0.3) is 11.6 Å². The minimum atomic E-state index is -1.41. The topological polar surface area (TPSA) is 131 Å².